The number of nitrogens with zero attached hydrogens (tertiary/aromatic N) is 1. The van der Waals surface area contributed by atoms with Crippen LogP contribution in [0, 0.1) is 0 Å². The summed E-state index contributed by atoms with van der Waals surface area (Å²) in [6, 6.07) is 32.6. The number of amides is 2. The fourth-order valence-corrected chi connectivity index (χ4v) is 4.80. The summed E-state index contributed by atoms with van der Waals surface area (Å²) in [6.45, 7) is 14.0. The Hall–Kier alpha value is -4.05. The van der Waals surface area contributed by atoms with Gasteiger partial charge >= 0.3 is 6.03 Å². The molecule has 0 saturated heterocycles. The van der Waals surface area contributed by atoms with Gasteiger partial charge in [0.05, 0.1) is 6.54 Å². The fourth-order valence-electron chi connectivity index (χ4n) is 4.80. The van der Waals surface area contributed by atoms with Gasteiger partial charge in [0.25, 0.3) is 0 Å². The molecule has 4 aromatic carbocycles. The molecule has 0 unspecified atom stereocenters. The van der Waals surface area contributed by atoms with E-state index in [0.717, 1.165) is 39.4 Å². The second-order valence-corrected chi connectivity index (χ2v) is 11.3. The van der Waals surface area contributed by atoms with Crippen LogP contribution >= 0.6 is 0 Å². The number of hydrogen-bond donors (Lipinski definition) is 1. The van der Waals surface area contributed by atoms with Crippen LogP contribution in [0.5, 0.6) is 5.75 Å². The Bertz CT molecular complexity index is 1350. The van der Waals surface area contributed by atoms with Gasteiger partial charge in [-0.25, -0.2) is 4.79 Å². The van der Waals surface area contributed by atoms with E-state index in [0.29, 0.717) is 19.1 Å². The minimum absolute atomic E-state index is 0.142. The van der Waals surface area contributed by atoms with Gasteiger partial charge in [-0.2, -0.15) is 0 Å². The van der Waals surface area contributed by atoms with Crippen molar-refractivity contribution in [2.75, 3.05) is 10.2 Å². The Balaban J connectivity index is 1.60. The van der Waals surface area contributed by atoms with E-state index in [1.54, 1.807) is 0 Å². The van der Waals surface area contributed by atoms with Gasteiger partial charge in [0.1, 0.15) is 12.4 Å². The maximum atomic E-state index is 14.0. The Morgan fingerprint density at radius 3 is 1.82 bits per heavy atom. The van der Waals surface area contributed by atoms with Gasteiger partial charge in [-0.1, -0.05) is 114 Å². The molecule has 4 nitrogen and oxygen atoms in total. The monoisotopic (exact) mass is 534 g/mol. The van der Waals surface area contributed by atoms with Crippen LogP contribution in [-0.4, -0.2) is 6.03 Å². The van der Waals surface area contributed by atoms with Crippen molar-refractivity contribution in [3.05, 3.63) is 125 Å². The van der Waals surface area contributed by atoms with Crippen molar-refractivity contribution in [1.82, 2.24) is 0 Å². The summed E-state index contributed by atoms with van der Waals surface area (Å²) < 4.78 is 5.98. The van der Waals surface area contributed by atoms with Gasteiger partial charge in [-0.05, 0) is 69.8 Å². The number of carbonyl (C=O) groups is 1. The minimum atomic E-state index is -0.142. The molecule has 1 N–H and O–H groups in total. The zero-order valence-electron chi connectivity index (χ0n) is 24.6. The van der Waals surface area contributed by atoms with Gasteiger partial charge in [0.2, 0.25) is 0 Å². The molecule has 2 amide bonds. The molecule has 0 aromatic heterocycles. The summed E-state index contributed by atoms with van der Waals surface area (Å²) in [4.78, 5) is 15.8. The summed E-state index contributed by atoms with van der Waals surface area (Å²) >= 11 is 0. The first kappa shape index (κ1) is 28.9. The lowest BCUT2D eigenvalue weighted by atomic mass is 9.92. The van der Waals surface area contributed by atoms with Crippen LogP contribution in [0.2, 0.25) is 0 Å². The lowest BCUT2D eigenvalue weighted by Crippen LogP contribution is -2.35. The van der Waals surface area contributed by atoms with Crippen LogP contribution in [0.4, 0.5) is 16.2 Å². The first-order valence-corrected chi connectivity index (χ1v) is 14.3. The van der Waals surface area contributed by atoms with Crippen LogP contribution in [0.25, 0.3) is 0 Å². The van der Waals surface area contributed by atoms with E-state index >= 15 is 0 Å². The normalized spacial score (nSPS) is 11.2. The lowest BCUT2D eigenvalue weighted by Gasteiger charge is -2.27. The number of urea groups is 1. The second kappa shape index (κ2) is 13.3. The molecule has 0 bridgehead atoms. The molecule has 208 valence electrons. The maximum Gasteiger partial charge on any atom is 0.326 e. The van der Waals surface area contributed by atoms with E-state index in [1.165, 1.54) is 5.56 Å². The molecule has 0 heterocycles. The average molecular weight is 535 g/mol. The van der Waals surface area contributed by atoms with Crippen LogP contribution in [0.15, 0.2) is 97.1 Å². The third kappa shape index (κ3) is 7.32. The number of nitrogens with one attached hydrogen (secondary N) is 1. The molecular weight excluding hydrogens is 492 g/mol. The third-order valence-corrected chi connectivity index (χ3v) is 7.23. The zero-order chi connectivity index (χ0) is 28.6. The summed E-state index contributed by atoms with van der Waals surface area (Å²) in [5.41, 5.74) is 7.48. The molecule has 0 saturated carbocycles. The molecule has 0 atom stereocenters. The van der Waals surface area contributed by atoms with Crippen LogP contribution in [0.3, 0.4) is 0 Å². The number of anilines is 2. The molecule has 4 aromatic rings. The topological polar surface area (TPSA) is 41.6 Å². The molecule has 0 aliphatic carbocycles. The molecule has 0 spiro atoms. The predicted molar refractivity (Wildman–Crippen MR) is 168 cm³/mol. The van der Waals surface area contributed by atoms with Gasteiger partial charge in [-0.3, -0.25) is 4.90 Å². The molecule has 4 rings (SSSR count). The van der Waals surface area contributed by atoms with Crippen molar-refractivity contribution in [2.24, 2.45) is 0 Å². The standard InChI is InChI=1S/C36H42N2O2/c1-25(2)30-17-19-31(20-18-30)38(36(39)37-35-33(26(3)4)13-10-14-34(35)27(5)6)23-28-15-21-32(22-16-28)40-24-29-11-8-7-9-12-29/h7-22,25-27H,23-24H2,1-6H3,(H,37,39). The Labute approximate surface area is 240 Å². The Kier molecular flexibility index (Phi) is 9.65. The minimum Gasteiger partial charge on any atom is -0.489 e. The molecule has 0 radical (unpaired) electrons. The fraction of sp³-hybridized carbons (Fsp3) is 0.306. The van der Waals surface area contributed by atoms with Gasteiger partial charge in [0.15, 0.2) is 0 Å². The van der Waals surface area contributed by atoms with Gasteiger partial charge < -0.3 is 10.1 Å². The van der Waals surface area contributed by atoms with Crippen molar-refractivity contribution in [1.29, 1.82) is 0 Å². The molecule has 0 aliphatic rings. The number of benzene rings is 4. The van der Waals surface area contributed by atoms with Crippen molar-refractivity contribution in [2.45, 2.75) is 72.4 Å². The molecular formula is C36H42N2O2. The summed E-state index contributed by atoms with van der Waals surface area (Å²) in [6.07, 6.45) is 0. The highest BCUT2D eigenvalue weighted by molar-refractivity contribution is 6.02. The summed E-state index contributed by atoms with van der Waals surface area (Å²) in [7, 11) is 0. The number of ether oxygens (including phenoxy) is 1. The van der Waals surface area contributed by atoms with Gasteiger partial charge in [0, 0.05) is 11.4 Å². The summed E-state index contributed by atoms with van der Waals surface area (Å²) in [5.74, 6) is 1.80. The Morgan fingerprint density at radius 2 is 1.27 bits per heavy atom. The van der Waals surface area contributed by atoms with Crippen molar-refractivity contribution < 1.29 is 9.53 Å². The van der Waals surface area contributed by atoms with E-state index in [9.17, 15) is 4.79 Å². The van der Waals surface area contributed by atoms with Crippen molar-refractivity contribution in [3.63, 3.8) is 0 Å². The highest BCUT2D eigenvalue weighted by Crippen LogP contribution is 2.33. The largest absolute Gasteiger partial charge is 0.489 e. The number of hydrogen-bond acceptors (Lipinski definition) is 2. The van der Waals surface area contributed by atoms with Crippen molar-refractivity contribution >= 4 is 17.4 Å². The lowest BCUT2D eigenvalue weighted by molar-refractivity contribution is 0.256. The van der Waals surface area contributed by atoms with Crippen LogP contribution < -0.4 is 15.0 Å². The molecule has 40 heavy (non-hydrogen) atoms. The highest BCUT2D eigenvalue weighted by atomic mass is 16.5. The number of rotatable bonds is 10. The number of para-hydroxylation sites is 1. The van der Waals surface area contributed by atoms with E-state index in [1.807, 2.05) is 59.5 Å². The SMILES string of the molecule is CC(C)c1ccc(N(Cc2ccc(OCc3ccccc3)cc2)C(=O)Nc2c(C(C)C)cccc2C(C)C)cc1. The Morgan fingerprint density at radius 1 is 0.675 bits per heavy atom. The second-order valence-electron chi connectivity index (χ2n) is 11.3. The van der Waals surface area contributed by atoms with Crippen LogP contribution in [0.1, 0.15) is 87.1 Å². The van der Waals surface area contributed by atoms with E-state index < -0.39 is 0 Å². The predicted octanol–water partition coefficient (Wildman–Crippen LogP) is 9.87. The summed E-state index contributed by atoms with van der Waals surface area (Å²) in [5, 5.41) is 3.31. The first-order chi connectivity index (χ1) is 19.2. The maximum absolute atomic E-state index is 14.0. The highest BCUT2D eigenvalue weighted by Gasteiger charge is 2.21. The first-order valence-electron chi connectivity index (χ1n) is 14.3. The molecule has 0 fully saturated rings. The van der Waals surface area contributed by atoms with E-state index in [4.69, 9.17) is 4.74 Å². The molecule has 4 heteroatoms. The van der Waals surface area contributed by atoms with Crippen molar-refractivity contribution in [3.8, 4) is 5.75 Å². The quantitative estimate of drug-likeness (QED) is 0.220. The van der Waals surface area contributed by atoms with Gasteiger partial charge in [-0.15, -0.1) is 0 Å². The molecule has 0 aliphatic heterocycles. The van der Waals surface area contributed by atoms with E-state index in [2.05, 4.69) is 89.3 Å². The number of carbonyl (C=O) groups excluding carboxylic acids is 1. The van der Waals surface area contributed by atoms with Crippen LogP contribution in [-0.2, 0) is 13.2 Å². The average Bonchev–Trinajstić information content (AvgIpc) is 2.95. The smallest absolute Gasteiger partial charge is 0.326 e. The zero-order valence-corrected chi connectivity index (χ0v) is 24.6. The van der Waals surface area contributed by atoms with E-state index in [-0.39, 0.29) is 17.9 Å². The third-order valence-electron chi connectivity index (χ3n) is 7.23.